The Morgan fingerprint density at radius 1 is 1.28 bits per heavy atom. The largest absolute Gasteiger partial charge is 0.309 e. The molecule has 1 amide bonds. The first-order valence-electron chi connectivity index (χ1n) is 9.00. The molecule has 0 radical (unpaired) electrons. The Bertz CT molecular complexity index is 817. The fourth-order valence-electron chi connectivity index (χ4n) is 4.19. The van der Waals surface area contributed by atoms with Gasteiger partial charge in [-0.3, -0.25) is 9.48 Å². The molecule has 1 aromatic carbocycles. The van der Waals surface area contributed by atoms with Gasteiger partial charge in [-0.15, -0.1) is 0 Å². The van der Waals surface area contributed by atoms with Crippen molar-refractivity contribution in [2.45, 2.75) is 58.4 Å². The molecule has 2 atom stereocenters. The van der Waals surface area contributed by atoms with Crippen molar-refractivity contribution < 1.29 is 9.18 Å². The van der Waals surface area contributed by atoms with Crippen LogP contribution in [0, 0.1) is 11.2 Å². The summed E-state index contributed by atoms with van der Waals surface area (Å²) in [6.07, 6.45) is 3.88. The standard InChI is InChI=1S/C20H24FN3O/c1-20(2,3)11-16(25)22-19-17(12-4-7-14(21)8-5-12)18-13-6-9-15(10-13)24(18)23-19/h4-5,7-8,13,15H,6,9-11H2,1-3H3,(H,22,23,25). The highest BCUT2D eigenvalue weighted by molar-refractivity contribution is 5.95. The number of hydrogen-bond donors (Lipinski definition) is 1. The number of carbonyl (C=O) groups is 1. The average molecular weight is 341 g/mol. The zero-order chi connectivity index (χ0) is 17.8. The number of aromatic nitrogens is 2. The summed E-state index contributed by atoms with van der Waals surface area (Å²) in [5, 5.41) is 7.75. The highest BCUT2D eigenvalue weighted by Crippen LogP contribution is 2.53. The molecule has 0 spiro atoms. The Morgan fingerprint density at radius 3 is 2.68 bits per heavy atom. The number of carbonyl (C=O) groups excluding carboxylic acids is 1. The molecule has 0 saturated heterocycles. The van der Waals surface area contributed by atoms with Crippen LogP contribution in [0.4, 0.5) is 10.2 Å². The summed E-state index contributed by atoms with van der Waals surface area (Å²) in [5.41, 5.74) is 3.01. The maximum absolute atomic E-state index is 13.4. The van der Waals surface area contributed by atoms with Gasteiger partial charge in [-0.05, 0) is 42.4 Å². The lowest BCUT2D eigenvalue weighted by Crippen LogP contribution is -2.20. The van der Waals surface area contributed by atoms with Crippen LogP contribution < -0.4 is 5.32 Å². The van der Waals surface area contributed by atoms with Crippen molar-refractivity contribution >= 4 is 11.7 Å². The van der Waals surface area contributed by atoms with Gasteiger partial charge in [0.25, 0.3) is 0 Å². The molecule has 2 aromatic rings. The van der Waals surface area contributed by atoms with Crippen molar-refractivity contribution in [2.24, 2.45) is 5.41 Å². The van der Waals surface area contributed by atoms with Crippen LogP contribution in [-0.2, 0) is 4.79 Å². The van der Waals surface area contributed by atoms with Crippen molar-refractivity contribution in [1.29, 1.82) is 0 Å². The van der Waals surface area contributed by atoms with Gasteiger partial charge >= 0.3 is 0 Å². The number of benzene rings is 1. The van der Waals surface area contributed by atoms with Crippen LogP contribution in [0.3, 0.4) is 0 Å². The van der Waals surface area contributed by atoms with E-state index in [9.17, 15) is 9.18 Å². The molecule has 2 aliphatic rings. The van der Waals surface area contributed by atoms with Gasteiger partial charge in [0, 0.05) is 17.9 Å². The molecule has 5 heteroatoms. The fraction of sp³-hybridized carbons (Fsp3) is 0.500. The van der Waals surface area contributed by atoms with E-state index in [-0.39, 0.29) is 17.1 Å². The van der Waals surface area contributed by atoms with Crippen molar-refractivity contribution in [3.8, 4) is 11.1 Å². The average Bonchev–Trinajstić information content (AvgIpc) is 3.17. The molecule has 1 aliphatic carbocycles. The second-order valence-corrected chi connectivity index (χ2v) is 8.51. The predicted molar refractivity (Wildman–Crippen MR) is 96.0 cm³/mol. The highest BCUT2D eigenvalue weighted by atomic mass is 19.1. The summed E-state index contributed by atoms with van der Waals surface area (Å²) in [7, 11) is 0. The van der Waals surface area contributed by atoms with Crippen molar-refractivity contribution in [3.05, 3.63) is 35.8 Å². The number of halogens is 1. The van der Waals surface area contributed by atoms with E-state index in [1.165, 1.54) is 24.2 Å². The number of nitrogens with zero attached hydrogens (tertiary/aromatic N) is 2. The van der Waals surface area contributed by atoms with Crippen LogP contribution in [0.1, 0.15) is 64.1 Å². The van der Waals surface area contributed by atoms with Crippen LogP contribution >= 0.6 is 0 Å². The molecule has 4 rings (SSSR count). The molecule has 1 fully saturated rings. The smallest absolute Gasteiger partial charge is 0.226 e. The fourth-order valence-corrected chi connectivity index (χ4v) is 4.19. The third kappa shape index (κ3) is 2.96. The second kappa shape index (κ2) is 5.68. The number of anilines is 1. The van der Waals surface area contributed by atoms with Gasteiger partial charge in [0.05, 0.1) is 11.7 Å². The summed E-state index contributed by atoms with van der Waals surface area (Å²) in [4.78, 5) is 12.5. The Labute approximate surface area is 147 Å². The molecule has 2 unspecified atom stereocenters. The lowest BCUT2D eigenvalue weighted by molar-refractivity contribution is -0.117. The second-order valence-electron chi connectivity index (χ2n) is 8.51. The summed E-state index contributed by atoms with van der Waals surface area (Å²) in [5.74, 6) is 0.825. The van der Waals surface area contributed by atoms with Crippen LogP contribution in [0.5, 0.6) is 0 Å². The van der Waals surface area contributed by atoms with Gasteiger partial charge in [0.15, 0.2) is 5.82 Å². The van der Waals surface area contributed by atoms with Gasteiger partial charge in [0.2, 0.25) is 5.91 Å². The number of fused-ring (bicyclic) bond motifs is 5. The summed E-state index contributed by atoms with van der Waals surface area (Å²) >= 11 is 0. The Kier molecular flexibility index (Phi) is 3.71. The van der Waals surface area contributed by atoms with E-state index in [1.807, 2.05) is 20.8 Å². The van der Waals surface area contributed by atoms with Gasteiger partial charge in [-0.1, -0.05) is 32.9 Å². The zero-order valence-electron chi connectivity index (χ0n) is 15.0. The van der Waals surface area contributed by atoms with Crippen LogP contribution in [0.15, 0.2) is 24.3 Å². The van der Waals surface area contributed by atoms with E-state index in [0.717, 1.165) is 24.0 Å². The molecule has 1 aliphatic heterocycles. The summed E-state index contributed by atoms with van der Waals surface area (Å²) < 4.78 is 15.5. The maximum Gasteiger partial charge on any atom is 0.226 e. The molecule has 1 saturated carbocycles. The minimum Gasteiger partial charge on any atom is -0.309 e. The zero-order valence-corrected chi connectivity index (χ0v) is 15.0. The number of hydrogen-bond acceptors (Lipinski definition) is 2. The number of rotatable bonds is 3. The minimum atomic E-state index is -0.257. The quantitative estimate of drug-likeness (QED) is 0.864. The van der Waals surface area contributed by atoms with E-state index in [1.54, 1.807) is 12.1 Å². The Balaban J connectivity index is 1.74. The molecule has 2 bridgehead atoms. The predicted octanol–water partition coefficient (Wildman–Crippen LogP) is 4.89. The molecule has 4 nitrogen and oxygen atoms in total. The Hall–Kier alpha value is -2.17. The van der Waals surface area contributed by atoms with Crippen LogP contribution in [0.25, 0.3) is 11.1 Å². The first kappa shape index (κ1) is 16.3. The SMILES string of the molecule is CC(C)(C)CC(=O)Nc1nn2c(c1-c1ccc(F)cc1)C1CCC2C1. The summed E-state index contributed by atoms with van der Waals surface area (Å²) in [6.45, 7) is 6.13. The van der Waals surface area contributed by atoms with Crippen LogP contribution in [0.2, 0.25) is 0 Å². The molecule has 1 aromatic heterocycles. The monoisotopic (exact) mass is 341 g/mol. The third-order valence-corrected chi connectivity index (χ3v) is 5.17. The first-order chi connectivity index (χ1) is 11.8. The van der Waals surface area contributed by atoms with Crippen LogP contribution in [-0.4, -0.2) is 15.7 Å². The van der Waals surface area contributed by atoms with E-state index < -0.39 is 0 Å². The van der Waals surface area contributed by atoms with Gasteiger partial charge in [0.1, 0.15) is 5.82 Å². The molecule has 25 heavy (non-hydrogen) atoms. The summed E-state index contributed by atoms with van der Waals surface area (Å²) in [6, 6.07) is 6.92. The van der Waals surface area contributed by atoms with Gasteiger partial charge in [-0.2, -0.15) is 5.10 Å². The first-order valence-corrected chi connectivity index (χ1v) is 9.00. The van der Waals surface area contributed by atoms with E-state index in [2.05, 4.69) is 10.00 Å². The molecule has 1 N–H and O–H groups in total. The van der Waals surface area contributed by atoms with Gasteiger partial charge in [-0.25, -0.2) is 4.39 Å². The minimum absolute atomic E-state index is 0.0278. The number of nitrogens with one attached hydrogen (secondary N) is 1. The highest BCUT2D eigenvalue weighted by Gasteiger charge is 2.41. The van der Waals surface area contributed by atoms with Crippen molar-refractivity contribution in [2.75, 3.05) is 5.32 Å². The number of amides is 1. The van der Waals surface area contributed by atoms with Crippen molar-refractivity contribution in [1.82, 2.24) is 9.78 Å². The molecular formula is C20H24FN3O. The lowest BCUT2D eigenvalue weighted by atomic mass is 9.92. The lowest BCUT2D eigenvalue weighted by Gasteiger charge is -2.17. The normalized spacial score (nSPS) is 21.4. The van der Waals surface area contributed by atoms with E-state index in [0.29, 0.717) is 24.2 Å². The third-order valence-electron chi connectivity index (χ3n) is 5.17. The molecule has 132 valence electrons. The van der Waals surface area contributed by atoms with E-state index >= 15 is 0 Å². The topological polar surface area (TPSA) is 46.9 Å². The Morgan fingerprint density at radius 2 is 2.00 bits per heavy atom. The molecule has 2 heterocycles. The van der Waals surface area contributed by atoms with Gasteiger partial charge < -0.3 is 5.32 Å². The van der Waals surface area contributed by atoms with E-state index in [4.69, 9.17) is 5.10 Å². The van der Waals surface area contributed by atoms with Crippen molar-refractivity contribution in [3.63, 3.8) is 0 Å². The molecular weight excluding hydrogens is 317 g/mol. The maximum atomic E-state index is 13.4.